The number of methoxy groups -OCH3 is 1. The summed E-state index contributed by atoms with van der Waals surface area (Å²) in [6.07, 6.45) is 5.39. The van der Waals surface area contributed by atoms with Gasteiger partial charge >= 0.3 is 0 Å². The monoisotopic (exact) mass is 348 g/mol. The lowest BCUT2D eigenvalue weighted by atomic mass is 10.3. The van der Waals surface area contributed by atoms with E-state index >= 15 is 0 Å². The number of imidazole rings is 1. The van der Waals surface area contributed by atoms with Crippen molar-refractivity contribution in [3.05, 3.63) is 41.3 Å². The molecule has 3 rings (SSSR count). The minimum Gasteiger partial charge on any atom is -0.497 e. The summed E-state index contributed by atoms with van der Waals surface area (Å²) in [7, 11) is 3.42. The molecule has 1 N–H and O–H groups in total. The third kappa shape index (κ3) is 2.64. The van der Waals surface area contributed by atoms with Crippen LogP contribution >= 0.6 is 15.9 Å². The number of ether oxygens (including phenoxy) is 2. The number of rotatable bonds is 4. The smallest absolute Gasteiger partial charge is 0.265 e. The maximum Gasteiger partial charge on any atom is 0.265 e. The maximum absolute atomic E-state index is 5.89. The van der Waals surface area contributed by atoms with Crippen LogP contribution in [0, 0.1) is 0 Å². The zero-order valence-electron chi connectivity index (χ0n) is 11.5. The van der Waals surface area contributed by atoms with E-state index in [0.717, 1.165) is 10.2 Å². The largest absolute Gasteiger partial charge is 0.497 e. The fourth-order valence-corrected chi connectivity index (χ4v) is 2.33. The zero-order valence-corrected chi connectivity index (χ0v) is 13.1. The summed E-state index contributed by atoms with van der Waals surface area (Å²) >= 11 is 3.46. The number of nitrogens with zero attached hydrogens (tertiary/aromatic N) is 3. The average molecular weight is 349 g/mol. The molecule has 0 spiro atoms. The molecule has 0 amide bonds. The van der Waals surface area contributed by atoms with Gasteiger partial charge in [0.05, 0.1) is 17.8 Å². The lowest BCUT2D eigenvalue weighted by Gasteiger charge is -2.10. The van der Waals surface area contributed by atoms with E-state index in [2.05, 4.69) is 31.2 Å². The summed E-state index contributed by atoms with van der Waals surface area (Å²) in [5.41, 5.74) is 0.650. The first-order chi connectivity index (χ1) is 10.2. The minimum atomic E-state index is 0.428. The summed E-state index contributed by atoms with van der Waals surface area (Å²) in [5.74, 6) is 2.51. The van der Waals surface area contributed by atoms with Gasteiger partial charge in [0.1, 0.15) is 17.3 Å². The van der Waals surface area contributed by atoms with Gasteiger partial charge in [0, 0.05) is 19.4 Å². The second-order valence-electron chi connectivity index (χ2n) is 4.24. The highest BCUT2D eigenvalue weighted by Crippen LogP contribution is 2.33. The number of aromatic nitrogens is 3. The van der Waals surface area contributed by atoms with E-state index in [4.69, 9.17) is 9.47 Å². The molecule has 0 aliphatic rings. The molecule has 0 aliphatic carbocycles. The van der Waals surface area contributed by atoms with Crippen molar-refractivity contribution in [2.24, 2.45) is 0 Å². The van der Waals surface area contributed by atoms with Crippen LogP contribution in [-0.4, -0.2) is 28.5 Å². The highest BCUT2D eigenvalue weighted by Gasteiger charge is 2.11. The van der Waals surface area contributed by atoms with Crippen molar-refractivity contribution in [1.82, 2.24) is 14.4 Å². The van der Waals surface area contributed by atoms with Crippen LogP contribution in [-0.2, 0) is 0 Å². The number of benzene rings is 1. The molecule has 0 saturated carbocycles. The molecular weight excluding hydrogens is 336 g/mol. The van der Waals surface area contributed by atoms with Crippen molar-refractivity contribution >= 4 is 27.4 Å². The fourth-order valence-electron chi connectivity index (χ4n) is 1.89. The molecular formula is C14H13BrN4O2. The third-order valence-corrected chi connectivity index (χ3v) is 3.56. The van der Waals surface area contributed by atoms with E-state index in [-0.39, 0.29) is 0 Å². The Morgan fingerprint density at radius 3 is 2.90 bits per heavy atom. The maximum atomic E-state index is 5.89. The molecule has 2 aromatic heterocycles. The molecule has 2 heterocycles. The summed E-state index contributed by atoms with van der Waals surface area (Å²) < 4.78 is 13.7. The predicted octanol–water partition coefficient (Wildman–Crippen LogP) is 3.33. The Morgan fingerprint density at radius 1 is 1.33 bits per heavy atom. The first-order valence-electron chi connectivity index (χ1n) is 6.24. The van der Waals surface area contributed by atoms with Crippen LogP contribution in [0.4, 0.5) is 5.82 Å². The highest BCUT2D eigenvalue weighted by molar-refractivity contribution is 9.10. The lowest BCUT2D eigenvalue weighted by molar-refractivity contribution is 0.411. The van der Waals surface area contributed by atoms with Gasteiger partial charge in [-0.05, 0) is 34.1 Å². The summed E-state index contributed by atoms with van der Waals surface area (Å²) in [6, 6.07) is 5.47. The van der Waals surface area contributed by atoms with Crippen molar-refractivity contribution < 1.29 is 9.47 Å². The van der Waals surface area contributed by atoms with Crippen LogP contribution < -0.4 is 14.8 Å². The molecule has 0 saturated heterocycles. The molecule has 0 aliphatic heterocycles. The first-order valence-corrected chi connectivity index (χ1v) is 7.03. The Bertz CT molecular complexity index is 788. The first kappa shape index (κ1) is 13.7. The van der Waals surface area contributed by atoms with Crippen molar-refractivity contribution in [3.63, 3.8) is 0 Å². The molecule has 0 bridgehead atoms. The van der Waals surface area contributed by atoms with Crippen LogP contribution in [0.1, 0.15) is 0 Å². The predicted molar refractivity (Wildman–Crippen MR) is 83.3 cm³/mol. The van der Waals surface area contributed by atoms with Gasteiger partial charge in [-0.2, -0.15) is 4.98 Å². The summed E-state index contributed by atoms with van der Waals surface area (Å²) in [6.45, 7) is 0. The SMILES string of the molecule is CNc1cn2ccnc2c(Oc2ccc(OC)cc2Br)n1. The van der Waals surface area contributed by atoms with Gasteiger partial charge in [0.2, 0.25) is 5.65 Å². The normalized spacial score (nSPS) is 10.6. The van der Waals surface area contributed by atoms with Crippen molar-refractivity contribution in [2.45, 2.75) is 0 Å². The van der Waals surface area contributed by atoms with E-state index in [9.17, 15) is 0 Å². The van der Waals surface area contributed by atoms with Crippen molar-refractivity contribution in [1.29, 1.82) is 0 Å². The number of hydrogen-bond acceptors (Lipinski definition) is 5. The Balaban J connectivity index is 2.03. The average Bonchev–Trinajstić information content (AvgIpc) is 2.97. The molecule has 0 fully saturated rings. The summed E-state index contributed by atoms with van der Waals surface area (Å²) in [4.78, 5) is 8.66. The molecule has 1 aromatic carbocycles. The van der Waals surface area contributed by atoms with Gasteiger partial charge in [-0.15, -0.1) is 0 Å². The topological polar surface area (TPSA) is 60.7 Å². The second kappa shape index (κ2) is 5.61. The Labute approximate surface area is 129 Å². The van der Waals surface area contributed by atoms with Gasteiger partial charge in [-0.1, -0.05) is 0 Å². The van der Waals surface area contributed by atoms with Gasteiger partial charge in [-0.25, -0.2) is 4.98 Å². The van der Waals surface area contributed by atoms with Crippen molar-refractivity contribution in [3.8, 4) is 17.4 Å². The number of nitrogens with one attached hydrogen (secondary N) is 1. The molecule has 0 radical (unpaired) electrons. The number of anilines is 1. The van der Waals surface area contributed by atoms with Gasteiger partial charge in [0.25, 0.3) is 5.88 Å². The molecule has 21 heavy (non-hydrogen) atoms. The van der Waals surface area contributed by atoms with Crippen LogP contribution in [0.2, 0.25) is 0 Å². The Hall–Kier alpha value is -2.28. The van der Waals surface area contributed by atoms with Gasteiger partial charge < -0.3 is 14.8 Å². The molecule has 108 valence electrons. The molecule has 6 nitrogen and oxygen atoms in total. The third-order valence-electron chi connectivity index (χ3n) is 2.95. The summed E-state index contributed by atoms with van der Waals surface area (Å²) in [5, 5.41) is 3.00. The molecule has 0 unspecified atom stereocenters. The highest BCUT2D eigenvalue weighted by atomic mass is 79.9. The fraction of sp³-hybridized carbons (Fsp3) is 0.143. The molecule has 0 atom stereocenters. The van der Waals surface area contributed by atoms with E-state index < -0.39 is 0 Å². The lowest BCUT2D eigenvalue weighted by Crippen LogP contribution is -2.00. The van der Waals surface area contributed by atoms with E-state index in [1.807, 2.05) is 35.0 Å². The van der Waals surface area contributed by atoms with Crippen LogP contribution in [0.15, 0.2) is 41.3 Å². The van der Waals surface area contributed by atoms with E-state index in [0.29, 0.717) is 23.1 Å². The van der Waals surface area contributed by atoms with Crippen molar-refractivity contribution in [2.75, 3.05) is 19.5 Å². The van der Waals surface area contributed by atoms with Crippen LogP contribution in [0.25, 0.3) is 5.65 Å². The minimum absolute atomic E-state index is 0.428. The Morgan fingerprint density at radius 2 is 2.19 bits per heavy atom. The van der Waals surface area contributed by atoms with Gasteiger partial charge in [-0.3, -0.25) is 4.40 Å². The number of fused-ring (bicyclic) bond motifs is 1. The van der Waals surface area contributed by atoms with Gasteiger partial charge in [0.15, 0.2) is 0 Å². The molecule has 7 heteroatoms. The molecule has 3 aromatic rings. The van der Waals surface area contributed by atoms with Crippen LogP contribution in [0.3, 0.4) is 0 Å². The van der Waals surface area contributed by atoms with E-state index in [1.54, 1.807) is 20.4 Å². The Kier molecular flexibility index (Phi) is 3.66. The second-order valence-corrected chi connectivity index (χ2v) is 5.09. The quantitative estimate of drug-likeness (QED) is 0.783. The van der Waals surface area contributed by atoms with Crippen LogP contribution in [0.5, 0.6) is 17.4 Å². The number of hydrogen-bond donors (Lipinski definition) is 1. The zero-order chi connectivity index (χ0) is 14.8. The van der Waals surface area contributed by atoms with E-state index in [1.165, 1.54) is 0 Å². The standard InChI is InChI=1S/C14H13BrN4O2/c1-16-12-8-19-6-5-17-13(19)14(18-12)21-11-4-3-9(20-2)7-10(11)15/h3-8,16H,1-2H3. The number of halogens is 1.